The van der Waals surface area contributed by atoms with Crippen molar-refractivity contribution in [1.82, 2.24) is 5.43 Å². The van der Waals surface area contributed by atoms with Crippen LogP contribution in [0.3, 0.4) is 0 Å². The Kier molecular flexibility index (Phi) is 6.31. The van der Waals surface area contributed by atoms with E-state index in [0.717, 1.165) is 5.56 Å². The Hall–Kier alpha value is -3.58. The molecule has 8 heteroatoms. The molecule has 29 heavy (non-hydrogen) atoms. The van der Waals surface area contributed by atoms with Gasteiger partial charge in [-0.2, -0.15) is 5.10 Å². The third-order valence-corrected chi connectivity index (χ3v) is 4.17. The highest BCUT2D eigenvalue weighted by Crippen LogP contribution is 2.28. The largest absolute Gasteiger partial charge is 0.493 e. The molecule has 0 fully saturated rings. The Balaban J connectivity index is 1.68. The lowest BCUT2D eigenvalue weighted by Crippen LogP contribution is -2.18. The van der Waals surface area contributed by atoms with Crippen LogP contribution >= 0.6 is 11.6 Å². The predicted molar refractivity (Wildman–Crippen MR) is 108 cm³/mol. The van der Waals surface area contributed by atoms with Crippen LogP contribution in [0.2, 0.25) is 5.02 Å². The lowest BCUT2D eigenvalue weighted by molar-refractivity contribution is 0.0696. The molecule has 1 heterocycles. The van der Waals surface area contributed by atoms with E-state index in [4.69, 9.17) is 25.5 Å². The number of hydrazone groups is 1. The molecule has 7 nitrogen and oxygen atoms in total. The van der Waals surface area contributed by atoms with E-state index in [1.54, 1.807) is 42.5 Å². The number of hydrogen-bond acceptors (Lipinski definition) is 6. The lowest BCUT2D eigenvalue weighted by Gasteiger charge is -2.09. The highest BCUT2D eigenvalue weighted by molar-refractivity contribution is 6.33. The van der Waals surface area contributed by atoms with Gasteiger partial charge in [0.2, 0.25) is 5.76 Å². The zero-order chi connectivity index (χ0) is 20.8. The van der Waals surface area contributed by atoms with E-state index < -0.39 is 11.9 Å². The standard InChI is InChI=1S/C21H17ClN2O5/c1-13-5-7-15(16(22)10-13)20(25)24-23-12-14-6-8-17(19(11-14)27-2)29-21(26)18-4-3-9-28-18/h3-12H,1-2H3,(H,24,25)/b23-12+. The van der Waals surface area contributed by atoms with Gasteiger partial charge in [0.25, 0.3) is 5.91 Å². The highest BCUT2D eigenvalue weighted by Gasteiger charge is 2.15. The van der Waals surface area contributed by atoms with Crippen molar-refractivity contribution in [2.45, 2.75) is 6.92 Å². The summed E-state index contributed by atoms with van der Waals surface area (Å²) in [6.45, 7) is 1.88. The normalized spacial score (nSPS) is 10.7. The third-order valence-electron chi connectivity index (χ3n) is 3.86. The van der Waals surface area contributed by atoms with Gasteiger partial charge in [0.05, 0.1) is 30.2 Å². The molecule has 0 saturated heterocycles. The molecule has 0 aliphatic rings. The summed E-state index contributed by atoms with van der Waals surface area (Å²) in [5.41, 5.74) is 4.32. The third kappa shape index (κ3) is 5.03. The van der Waals surface area contributed by atoms with Crippen molar-refractivity contribution in [2.24, 2.45) is 5.10 Å². The number of aryl methyl sites for hydroxylation is 1. The van der Waals surface area contributed by atoms with Crippen LogP contribution in [-0.2, 0) is 0 Å². The predicted octanol–water partition coefficient (Wildman–Crippen LogP) is 4.23. The van der Waals surface area contributed by atoms with E-state index in [1.807, 2.05) is 6.92 Å². The molecule has 0 unspecified atom stereocenters. The van der Waals surface area contributed by atoms with Crippen LogP contribution in [0, 0.1) is 6.92 Å². The van der Waals surface area contributed by atoms with Gasteiger partial charge in [0, 0.05) is 0 Å². The SMILES string of the molecule is COc1cc(/C=N/NC(=O)c2ccc(C)cc2Cl)ccc1OC(=O)c1ccco1. The minimum Gasteiger partial charge on any atom is -0.493 e. The number of methoxy groups -OCH3 is 1. The lowest BCUT2D eigenvalue weighted by atomic mass is 10.1. The first-order valence-corrected chi connectivity index (χ1v) is 8.89. The second kappa shape index (κ2) is 9.07. The first-order valence-electron chi connectivity index (χ1n) is 8.51. The molecule has 0 atom stereocenters. The zero-order valence-electron chi connectivity index (χ0n) is 15.6. The minimum absolute atomic E-state index is 0.0789. The van der Waals surface area contributed by atoms with Gasteiger partial charge in [-0.15, -0.1) is 0 Å². The van der Waals surface area contributed by atoms with Gasteiger partial charge < -0.3 is 13.9 Å². The van der Waals surface area contributed by atoms with Gasteiger partial charge in [-0.3, -0.25) is 4.79 Å². The van der Waals surface area contributed by atoms with Gasteiger partial charge in [0.15, 0.2) is 11.5 Å². The number of carbonyl (C=O) groups excluding carboxylic acids is 2. The molecule has 1 amide bonds. The summed E-state index contributed by atoms with van der Waals surface area (Å²) in [5, 5.41) is 4.28. The maximum Gasteiger partial charge on any atom is 0.379 e. The van der Waals surface area contributed by atoms with Crippen molar-refractivity contribution in [3.63, 3.8) is 0 Å². The molecule has 3 rings (SSSR count). The number of esters is 1. The monoisotopic (exact) mass is 412 g/mol. The number of hydrogen-bond donors (Lipinski definition) is 1. The van der Waals surface area contributed by atoms with Crippen LogP contribution in [0.4, 0.5) is 0 Å². The van der Waals surface area contributed by atoms with E-state index in [2.05, 4.69) is 10.5 Å². The maximum absolute atomic E-state index is 12.2. The second-order valence-electron chi connectivity index (χ2n) is 5.96. The van der Waals surface area contributed by atoms with Crippen LogP contribution < -0.4 is 14.9 Å². The summed E-state index contributed by atoms with van der Waals surface area (Å²) in [6.07, 6.45) is 2.81. The van der Waals surface area contributed by atoms with E-state index in [-0.39, 0.29) is 11.5 Å². The first-order chi connectivity index (χ1) is 14.0. The number of furan rings is 1. The van der Waals surface area contributed by atoms with E-state index in [9.17, 15) is 9.59 Å². The maximum atomic E-state index is 12.2. The summed E-state index contributed by atoms with van der Waals surface area (Å²) < 4.78 is 15.5. The fraction of sp³-hybridized carbons (Fsp3) is 0.0952. The van der Waals surface area contributed by atoms with E-state index in [1.165, 1.54) is 25.7 Å². The molecule has 0 bridgehead atoms. The number of ether oxygens (including phenoxy) is 2. The highest BCUT2D eigenvalue weighted by atomic mass is 35.5. The Bertz CT molecular complexity index is 1060. The van der Waals surface area contributed by atoms with Gasteiger partial charge >= 0.3 is 5.97 Å². The average Bonchev–Trinajstić information content (AvgIpc) is 3.23. The minimum atomic E-state index is -0.642. The zero-order valence-corrected chi connectivity index (χ0v) is 16.4. The summed E-state index contributed by atoms with van der Waals surface area (Å²) in [6, 6.07) is 13.0. The Labute approximate surface area is 171 Å². The number of rotatable bonds is 6. The molecule has 0 saturated carbocycles. The summed E-state index contributed by atoms with van der Waals surface area (Å²) >= 11 is 6.08. The quantitative estimate of drug-likeness (QED) is 0.283. The molecule has 3 aromatic rings. The van der Waals surface area contributed by atoms with Crippen molar-refractivity contribution < 1.29 is 23.5 Å². The number of nitrogens with zero attached hydrogens (tertiary/aromatic N) is 1. The molecule has 0 aliphatic heterocycles. The molecular formula is C21H17ClN2O5. The number of nitrogens with one attached hydrogen (secondary N) is 1. The van der Waals surface area contributed by atoms with E-state index in [0.29, 0.717) is 21.9 Å². The van der Waals surface area contributed by atoms with Crippen LogP contribution in [0.25, 0.3) is 0 Å². The van der Waals surface area contributed by atoms with Crippen LogP contribution in [0.15, 0.2) is 64.3 Å². The van der Waals surface area contributed by atoms with Crippen molar-refractivity contribution in [1.29, 1.82) is 0 Å². The second-order valence-corrected chi connectivity index (χ2v) is 6.37. The van der Waals surface area contributed by atoms with Crippen molar-refractivity contribution in [3.05, 3.63) is 82.3 Å². The molecule has 0 radical (unpaired) electrons. The smallest absolute Gasteiger partial charge is 0.379 e. The molecule has 0 spiro atoms. The van der Waals surface area contributed by atoms with E-state index >= 15 is 0 Å². The molecule has 0 aliphatic carbocycles. The number of benzene rings is 2. The number of carbonyl (C=O) groups is 2. The van der Waals surface area contributed by atoms with Crippen LogP contribution in [-0.4, -0.2) is 25.2 Å². The van der Waals surface area contributed by atoms with Gasteiger partial charge in [-0.25, -0.2) is 10.2 Å². The van der Waals surface area contributed by atoms with Gasteiger partial charge in [-0.1, -0.05) is 17.7 Å². The Morgan fingerprint density at radius 3 is 2.66 bits per heavy atom. The summed E-state index contributed by atoms with van der Waals surface area (Å²) in [4.78, 5) is 24.2. The van der Waals surface area contributed by atoms with Crippen LogP contribution in [0.1, 0.15) is 32.0 Å². The first kappa shape index (κ1) is 20.2. The Morgan fingerprint density at radius 2 is 1.97 bits per heavy atom. The molecular weight excluding hydrogens is 396 g/mol. The van der Waals surface area contributed by atoms with Crippen LogP contribution in [0.5, 0.6) is 11.5 Å². The van der Waals surface area contributed by atoms with Crippen molar-refractivity contribution in [2.75, 3.05) is 7.11 Å². The average molecular weight is 413 g/mol. The molecule has 2 aromatic carbocycles. The fourth-order valence-corrected chi connectivity index (χ4v) is 2.74. The van der Waals surface area contributed by atoms with Gasteiger partial charge in [0.1, 0.15) is 0 Å². The molecule has 1 aromatic heterocycles. The molecule has 1 N–H and O–H groups in total. The Morgan fingerprint density at radius 1 is 1.14 bits per heavy atom. The number of halogens is 1. The van der Waals surface area contributed by atoms with Crippen molar-refractivity contribution >= 4 is 29.7 Å². The van der Waals surface area contributed by atoms with Crippen molar-refractivity contribution in [3.8, 4) is 11.5 Å². The summed E-state index contributed by atoms with van der Waals surface area (Å²) in [7, 11) is 1.45. The number of amides is 1. The van der Waals surface area contributed by atoms with Gasteiger partial charge in [-0.05, 0) is 60.5 Å². The fourth-order valence-electron chi connectivity index (χ4n) is 2.42. The topological polar surface area (TPSA) is 90.1 Å². The molecule has 148 valence electrons. The summed E-state index contributed by atoms with van der Waals surface area (Å²) in [5.74, 6) is -0.447.